The van der Waals surface area contributed by atoms with Crippen molar-refractivity contribution < 1.29 is 36.6 Å². The molecule has 0 aliphatic rings. The van der Waals surface area contributed by atoms with Crippen LogP contribution < -0.4 is 21.9 Å². The van der Waals surface area contributed by atoms with Crippen LogP contribution in [0.15, 0.2) is 58.3 Å². The summed E-state index contributed by atoms with van der Waals surface area (Å²) in [5.41, 5.74) is -0.0527. The van der Waals surface area contributed by atoms with Gasteiger partial charge in [0.1, 0.15) is 29.8 Å². The summed E-state index contributed by atoms with van der Waals surface area (Å²) in [6.45, 7) is 2.68. The largest absolute Gasteiger partial charge is 0.480 e. The first-order chi connectivity index (χ1) is 18.6. The summed E-state index contributed by atoms with van der Waals surface area (Å²) in [6.07, 6.45) is -3.50. The third-order valence-corrected chi connectivity index (χ3v) is 5.48. The highest BCUT2D eigenvalue weighted by molar-refractivity contribution is 5.96. The zero-order valence-electron chi connectivity index (χ0n) is 21.7. The quantitative estimate of drug-likeness (QED) is 0.357. The summed E-state index contributed by atoms with van der Waals surface area (Å²) in [5.74, 6) is -5.56. The number of nitrogens with one attached hydrogen (secondary N) is 2. The Kier molecular flexibility index (Phi) is 10.7. The van der Waals surface area contributed by atoms with E-state index in [2.05, 4.69) is 0 Å². The number of carboxylic acid groups (broad SMARTS) is 1. The molecule has 216 valence electrons. The van der Waals surface area contributed by atoms with Crippen LogP contribution in [0.25, 0.3) is 0 Å². The maximum Gasteiger partial charge on any atom is 0.408 e. The molecule has 3 rings (SSSR count). The van der Waals surface area contributed by atoms with Crippen molar-refractivity contribution in [3.8, 4) is 0 Å². The minimum Gasteiger partial charge on any atom is -0.480 e. The summed E-state index contributed by atoms with van der Waals surface area (Å²) in [4.78, 5) is 45.2. The molecule has 1 atom stereocenters. The molecule has 0 spiro atoms. The average molecular weight is 571 g/mol. The number of aromatic nitrogens is 2. The predicted molar refractivity (Wildman–Crippen MR) is 136 cm³/mol. The number of carboxylic acids is 1. The van der Waals surface area contributed by atoms with Crippen LogP contribution in [0.3, 0.4) is 0 Å². The molecule has 1 aromatic heterocycles. The van der Waals surface area contributed by atoms with Gasteiger partial charge < -0.3 is 20.3 Å². The van der Waals surface area contributed by atoms with Crippen molar-refractivity contribution in [3.63, 3.8) is 0 Å². The number of anilines is 1. The van der Waals surface area contributed by atoms with Crippen molar-refractivity contribution in [1.82, 2.24) is 14.5 Å². The van der Waals surface area contributed by atoms with Crippen LogP contribution in [0.1, 0.15) is 34.8 Å². The predicted octanol–water partition coefficient (Wildman–Crippen LogP) is 3.44. The van der Waals surface area contributed by atoms with E-state index >= 15 is 0 Å². The van der Waals surface area contributed by atoms with Gasteiger partial charge in [-0.05, 0) is 31.0 Å². The van der Waals surface area contributed by atoms with Gasteiger partial charge in [-0.1, -0.05) is 36.8 Å². The Balaban J connectivity index is 0.000000292. The maximum atomic E-state index is 13.8. The van der Waals surface area contributed by atoms with Gasteiger partial charge in [-0.25, -0.2) is 13.6 Å². The van der Waals surface area contributed by atoms with Gasteiger partial charge in [-0.15, -0.1) is 0 Å². The van der Waals surface area contributed by atoms with Crippen LogP contribution in [-0.2, 0) is 18.4 Å². The molecule has 0 saturated heterocycles. The molecule has 0 saturated carbocycles. The van der Waals surface area contributed by atoms with Gasteiger partial charge in [0.05, 0.1) is 6.54 Å². The molecule has 0 aliphatic carbocycles. The van der Waals surface area contributed by atoms with Crippen LogP contribution in [-0.4, -0.2) is 44.9 Å². The summed E-state index contributed by atoms with van der Waals surface area (Å²) in [5, 5.41) is 12.1. The number of carbonyl (C=O) groups is 2. The molecule has 0 radical (unpaired) electrons. The molecular formula is C26H27F5N4O5. The Morgan fingerprint density at radius 2 is 1.68 bits per heavy atom. The molecule has 1 amide bonds. The fourth-order valence-electron chi connectivity index (χ4n) is 3.49. The molecule has 0 fully saturated rings. The van der Waals surface area contributed by atoms with E-state index in [1.807, 2.05) is 36.5 Å². The Labute approximate surface area is 224 Å². The van der Waals surface area contributed by atoms with Crippen molar-refractivity contribution in [2.75, 3.05) is 11.9 Å². The lowest BCUT2D eigenvalue weighted by atomic mass is 10.1. The second-order valence-corrected chi connectivity index (χ2v) is 8.66. The first kappa shape index (κ1) is 31.7. The first-order valence-electron chi connectivity index (χ1n) is 11.8. The number of aryl methyl sites for hydroxylation is 2. The third-order valence-electron chi connectivity index (χ3n) is 5.48. The Bertz CT molecular complexity index is 1460. The molecular weight excluding hydrogens is 543 g/mol. The van der Waals surface area contributed by atoms with Gasteiger partial charge in [-0.2, -0.15) is 13.2 Å². The first-order valence-corrected chi connectivity index (χ1v) is 11.8. The molecule has 40 heavy (non-hydrogen) atoms. The summed E-state index contributed by atoms with van der Waals surface area (Å²) >= 11 is 0. The topological polar surface area (TPSA) is 122 Å². The molecule has 1 heterocycles. The van der Waals surface area contributed by atoms with E-state index in [1.54, 1.807) is 12.4 Å². The number of hydrogen-bond acceptors (Lipinski definition) is 5. The van der Waals surface area contributed by atoms with Gasteiger partial charge >= 0.3 is 17.8 Å². The number of aliphatic carboxylic acids is 1. The lowest BCUT2D eigenvalue weighted by Gasteiger charge is -2.21. The number of nitrogens with zero attached hydrogens (tertiary/aromatic N) is 2. The number of alkyl halides is 3. The van der Waals surface area contributed by atoms with Gasteiger partial charge in [0, 0.05) is 25.0 Å². The number of rotatable bonds is 8. The lowest BCUT2D eigenvalue weighted by Crippen LogP contribution is -2.38. The third kappa shape index (κ3) is 8.78. The van der Waals surface area contributed by atoms with Gasteiger partial charge in [0.25, 0.3) is 11.5 Å². The SMILES string of the molecule is CCC(Nc1cc(F)c(C(=O)NCC(=O)O)c(F)c1)C(F)(F)F.Cc1cccc(Cn2c(=O)ccn(C)c2=O)c1. The number of benzene rings is 2. The van der Waals surface area contributed by atoms with E-state index in [-0.39, 0.29) is 17.7 Å². The number of halogens is 5. The summed E-state index contributed by atoms with van der Waals surface area (Å²) in [7, 11) is 1.63. The second kappa shape index (κ2) is 13.5. The minimum absolute atomic E-state index is 0.269. The highest BCUT2D eigenvalue weighted by atomic mass is 19.4. The van der Waals surface area contributed by atoms with E-state index in [9.17, 15) is 41.1 Å². The molecule has 1 unspecified atom stereocenters. The van der Waals surface area contributed by atoms with Crippen molar-refractivity contribution in [3.05, 3.63) is 97.8 Å². The second-order valence-electron chi connectivity index (χ2n) is 8.66. The Morgan fingerprint density at radius 3 is 2.20 bits per heavy atom. The van der Waals surface area contributed by atoms with Crippen LogP contribution in [0, 0.1) is 18.6 Å². The van der Waals surface area contributed by atoms with E-state index in [4.69, 9.17) is 5.11 Å². The summed E-state index contributed by atoms with van der Waals surface area (Å²) in [6, 6.07) is 8.24. The molecule has 3 aromatic rings. The fourth-order valence-corrected chi connectivity index (χ4v) is 3.49. The Morgan fingerprint density at radius 1 is 1.05 bits per heavy atom. The Hall–Kier alpha value is -4.49. The van der Waals surface area contributed by atoms with Crippen LogP contribution in [0.5, 0.6) is 0 Å². The minimum atomic E-state index is -4.61. The van der Waals surface area contributed by atoms with E-state index < -0.39 is 53.5 Å². The van der Waals surface area contributed by atoms with E-state index in [0.717, 1.165) is 11.1 Å². The highest BCUT2D eigenvalue weighted by Gasteiger charge is 2.38. The molecule has 9 nitrogen and oxygen atoms in total. The molecule has 2 aromatic carbocycles. The van der Waals surface area contributed by atoms with Crippen molar-refractivity contribution in [2.24, 2.45) is 7.05 Å². The molecule has 14 heteroatoms. The standard InChI is InChI=1S/C13H13F5N2O3.C13H14N2O2/c1-2-9(13(16,17)18)20-6-3-7(14)11(8(15)4-6)12(23)19-5-10(21)22;1-10-4-3-5-11(8-10)9-15-12(16)6-7-14(2)13(15)17/h3-4,9,20H,2,5H2,1H3,(H,19,23)(H,21,22);3-8H,9H2,1-2H3. The average Bonchev–Trinajstić information content (AvgIpc) is 2.85. The zero-order valence-corrected chi connectivity index (χ0v) is 21.7. The van der Waals surface area contributed by atoms with Crippen LogP contribution >= 0.6 is 0 Å². The fraction of sp³-hybridized carbons (Fsp3) is 0.308. The number of amides is 1. The maximum absolute atomic E-state index is 13.8. The summed E-state index contributed by atoms with van der Waals surface area (Å²) < 4.78 is 68.0. The van der Waals surface area contributed by atoms with E-state index in [1.165, 1.54) is 28.3 Å². The van der Waals surface area contributed by atoms with Crippen molar-refractivity contribution in [1.29, 1.82) is 0 Å². The monoisotopic (exact) mass is 570 g/mol. The molecule has 0 bridgehead atoms. The van der Waals surface area contributed by atoms with Crippen LogP contribution in [0.2, 0.25) is 0 Å². The molecule has 0 aliphatic heterocycles. The van der Waals surface area contributed by atoms with Crippen molar-refractivity contribution >= 4 is 17.6 Å². The molecule has 3 N–H and O–H groups in total. The van der Waals surface area contributed by atoms with Gasteiger partial charge in [-0.3, -0.25) is 19.0 Å². The number of carbonyl (C=O) groups excluding carboxylic acids is 1. The zero-order chi connectivity index (χ0) is 30.2. The van der Waals surface area contributed by atoms with Gasteiger partial charge in [0.2, 0.25) is 0 Å². The number of hydrogen-bond donors (Lipinski definition) is 3. The van der Waals surface area contributed by atoms with E-state index in [0.29, 0.717) is 18.7 Å². The highest BCUT2D eigenvalue weighted by Crippen LogP contribution is 2.27. The van der Waals surface area contributed by atoms with Crippen molar-refractivity contribution in [2.45, 2.75) is 39.0 Å². The smallest absolute Gasteiger partial charge is 0.408 e. The normalized spacial score (nSPS) is 11.7. The van der Waals surface area contributed by atoms with Gasteiger partial charge in [0.15, 0.2) is 0 Å². The lowest BCUT2D eigenvalue weighted by molar-refractivity contribution is -0.142. The van der Waals surface area contributed by atoms with Crippen LogP contribution in [0.4, 0.5) is 27.6 Å².